The lowest BCUT2D eigenvalue weighted by Gasteiger charge is -2.29. The fourth-order valence-corrected chi connectivity index (χ4v) is 4.00. The van der Waals surface area contributed by atoms with Crippen LogP contribution in [0.25, 0.3) is 0 Å². The first-order chi connectivity index (χ1) is 12.2. The van der Waals surface area contributed by atoms with E-state index in [1.807, 2.05) is 11.0 Å². The number of likely N-dealkylation sites (tertiary alicyclic amines) is 1. The number of hydrogen-bond acceptors (Lipinski definition) is 4. The van der Waals surface area contributed by atoms with Crippen LogP contribution in [0.1, 0.15) is 47.0 Å². The molecule has 0 aliphatic carbocycles. The van der Waals surface area contributed by atoms with Gasteiger partial charge in [-0.25, -0.2) is 9.59 Å². The van der Waals surface area contributed by atoms with Crippen LogP contribution in [0.5, 0.6) is 0 Å². The van der Waals surface area contributed by atoms with E-state index in [0.29, 0.717) is 11.3 Å². The van der Waals surface area contributed by atoms with Gasteiger partial charge in [-0.05, 0) is 48.6 Å². The SMILES string of the molecule is COC(=O)c1ccc(NC(=O)N2CCCCC[C@@H]2c2cccs2)cc1. The highest BCUT2D eigenvalue weighted by atomic mass is 32.1. The number of ether oxygens (including phenoxy) is 1. The van der Waals surface area contributed by atoms with Crippen molar-refractivity contribution in [1.82, 2.24) is 4.90 Å². The van der Waals surface area contributed by atoms with Crippen LogP contribution >= 0.6 is 11.3 Å². The molecule has 0 radical (unpaired) electrons. The Hall–Kier alpha value is -2.34. The topological polar surface area (TPSA) is 58.6 Å². The van der Waals surface area contributed by atoms with Crippen LogP contribution in [0.4, 0.5) is 10.5 Å². The number of thiophene rings is 1. The number of nitrogens with zero attached hydrogens (tertiary/aromatic N) is 1. The largest absolute Gasteiger partial charge is 0.465 e. The van der Waals surface area contributed by atoms with E-state index < -0.39 is 0 Å². The van der Waals surface area contributed by atoms with Crippen LogP contribution in [0, 0.1) is 0 Å². The van der Waals surface area contributed by atoms with E-state index in [4.69, 9.17) is 0 Å². The second-order valence-electron chi connectivity index (χ2n) is 6.07. The minimum Gasteiger partial charge on any atom is -0.465 e. The Balaban J connectivity index is 1.72. The van der Waals surface area contributed by atoms with E-state index in [2.05, 4.69) is 21.5 Å². The van der Waals surface area contributed by atoms with E-state index in [1.54, 1.807) is 35.6 Å². The lowest BCUT2D eigenvalue weighted by Crippen LogP contribution is -2.37. The summed E-state index contributed by atoms with van der Waals surface area (Å²) in [4.78, 5) is 27.5. The molecule has 1 aromatic heterocycles. The maximum atomic E-state index is 12.8. The van der Waals surface area contributed by atoms with Crippen molar-refractivity contribution in [2.75, 3.05) is 19.0 Å². The van der Waals surface area contributed by atoms with Crippen molar-refractivity contribution in [3.63, 3.8) is 0 Å². The van der Waals surface area contributed by atoms with E-state index >= 15 is 0 Å². The number of benzene rings is 1. The van der Waals surface area contributed by atoms with Crippen LogP contribution in [0.3, 0.4) is 0 Å². The fraction of sp³-hybridized carbons (Fsp3) is 0.368. The highest BCUT2D eigenvalue weighted by molar-refractivity contribution is 7.10. The smallest absolute Gasteiger partial charge is 0.337 e. The molecular weight excluding hydrogens is 336 g/mol. The summed E-state index contributed by atoms with van der Waals surface area (Å²) in [5, 5.41) is 5.01. The molecule has 5 nitrogen and oxygen atoms in total. The van der Waals surface area contributed by atoms with Gasteiger partial charge in [-0.2, -0.15) is 0 Å². The molecule has 3 rings (SSSR count). The van der Waals surface area contributed by atoms with Crippen LogP contribution < -0.4 is 5.32 Å². The summed E-state index contributed by atoms with van der Waals surface area (Å²) >= 11 is 1.70. The van der Waals surface area contributed by atoms with E-state index in [1.165, 1.54) is 12.0 Å². The predicted molar refractivity (Wildman–Crippen MR) is 99.0 cm³/mol. The van der Waals surface area contributed by atoms with Gasteiger partial charge in [0.1, 0.15) is 0 Å². The van der Waals surface area contributed by atoms with Crippen LogP contribution in [-0.2, 0) is 4.74 Å². The van der Waals surface area contributed by atoms with Gasteiger partial charge in [0.2, 0.25) is 0 Å². The van der Waals surface area contributed by atoms with Crippen molar-refractivity contribution in [1.29, 1.82) is 0 Å². The van der Waals surface area contributed by atoms with Crippen molar-refractivity contribution in [2.45, 2.75) is 31.7 Å². The first kappa shape index (κ1) is 17.5. The van der Waals surface area contributed by atoms with E-state index in [-0.39, 0.29) is 18.0 Å². The van der Waals surface area contributed by atoms with Crippen molar-refractivity contribution < 1.29 is 14.3 Å². The summed E-state index contributed by atoms with van der Waals surface area (Å²) in [6, 6.07) is 10.9. The molecule has 1 aliphatic heterocycles. The van der Waals surface area contributed by atoms with Gasteiger partial charge in [-0.3, -0.25) is 0 Å². The zero-order valence-corrected chi connectivity index (χ0v) is 15.1. The van der Waals surface area contributed by atoms with Gasteiger partial charge in [0, 0.05) is 17.1 Å². The molecule has 1 fully saturated rings. The second kappa shape index (κ2) is 8.16. The molecule has 1 N–H and O–H groups in total. The Morgan fingerprint density at radius 1 is 1.16 bits per heavy atom. The summed E-state index contributed by atoms with van der Waals surface area (Å²) in [5.41, 5.74) is 1.14. The molecule has 132 valence electrons. The Bertz CT molecular complexity index is 713. The summed E-state index contributed by atoms with van der Waals surface area (Å²) in [6.45, 7) is 0.759. The number of methoxy groups -OCH3 is 1. The maximum absolute atomic E-state index is 12.8. The summed E-state index contributed by atoms with van der Waals surface area (Å²) in [7, 11) is 1.35. The summed E-state index contributed by atoms with van der Waals surface area (Å²) in [6.07, 6.45) is 4.31. The highest BCUT2D eigenvalue weighted by Crippen LogP contribution is 2.33. The molecular formula is C19H22N2O3S. The van der Waals surface area contributed by atoms with E-state index in [9.17, 15) is 9.59 Å². The highest BCUT2D eigenvalue weighted by Gasteiger charge is 2.27. The Labute approximate surface area is 151 Å². The number of amides is 2. The molecule has 1 atom stereocenters. The molecule has 1 saturated heterocycles. The monoisotopic (exact) mass is 358 g/mol. The molecule has 0 unspecified atom stereocenters. The number of carbonyl (C=O) groups excluding carboxylic acids is 2. The third-order valence-electron chi connectivity index (χ3n) is 4.44. The Kier molecular flexibility index (Phi) is 5.71. The number of nitrogens with one attached hydrogen (secondary N) is 1. The van der Waals surface area contributed by atoms with Gasteiger partial charge in [-0.1, -0.05) is 18.9 Å². The Morgan fingerprint density at radius 3 is 2.64 bits per heavy atom. The van der Waals surface area contributed by atoms with Crippen molar-refractivity contribution in [3.8, 4) is 0 Å². The third kappa shape index (κ3) is 4.20. The number of esters is 1. The quantitative estimate of drug-likeness (QED) is 0.810. The fourth-order valence-electron chi connectivity index (χ4n) is 3.13. The summed E-state index contributed by atoms with van der Waals surface area (Å²) < 4.78 is 4.69. The van der Waals surface area contributed by atoms with Crippen LogP contribution in [0.2, 0.25) is 0 Å². The lowest BCUT2D eigenvalue weighted by atomic mass is 10.1. The first-order valence-corrected chi connectivity index (χ1v) is 9.36. The Morgan fingerprint density at radius 2 is 1.96 bits per heavy atom. The molecule has 0 saturated carbocycles. The number of carbonyl (C=O) groups is 2. The van der Waals surface area contributed by atoms with Crippen molar-refractivity contribution in [2.24, 2.45) is 0 Å². The number of urea groups is 1. The van der Waals surface area contributed by atoms with Gasteiger partial charge < -0.3 is 15.0 Å². The number of anilines is 1. The summed E-state index contributed by atoms with van der Waals surface area (Å²) in [5.74, 6) is -0.386. The molecule has 0 bridgehead atoms. The molecule has 2 aromatic rings. The lowest BCUT2D eigenvalue weighted by molar-refractivity contribution is 0.0600. The minimum absolute atomic E-state index is 0.0916. The van der Waals surface area contributed by atoms with Crippen molar-refractivity contribution >= 4 is 29.0 Å². The normalized spacial score (nSPS) is 17.6. The average molecular weight is 358 g/mol. The molecule has 25 heavy (non-hydrogen) atoms. The zero-order chi connectivity index (χ0) is 17.6. The van der Waals surface area contributed by atoms with Crippen molar-refractivity contribution in [3.05, 3.63) is 52.2 Å². The van der Waals surface area contributed by atoms with Gasteiger partial charge >= 0.3 is 12.0 Å². The predicted octanol–water partition coefficient (Wildman–Crippen LogP) is 4.68. The van der Waals surface area contributed by atoms with Gasteiger partial charge in [-0.15, -0.1) is 11.3 Å². The first-order valence-electron chi connectivity index (χ1n) is 8.48. The van der Waals surface area contributed by atoms with Gasteiger partial charge in [0.25, 0.3) is 0 Å². The molecule has 2 heterocycles. The second-order valence-corrected chi connectivity index (χ2v) is 7.05. The van der Waals surface area contributed by atoms with Crippen LogP contribution in [0.15, 0.2) is 41.8 Å². The number of hydrogen-bond donors (Lipinski definition) is 1. The van der Waals surface area contributed by atoms with Gasteiger partial charge in [0.15, 0.2) is 0 Å². The standard InChI is InChI=1S/C19H22N2O3S/c1-24-18(22)14-8-10-15(11-9-14)20-19(23)21-12-4-2-3-6-16(21)17-7-5-13-25-17/h5,7-11,13,16H,2-4,6,12H2,1H3,(H,20,23)/t16-/m1/s1. The molecule has 1 aliphatic rings. The number of rotatable bonds is 3. The molecule has 0 spiro atoms. The molecule has 1 aromatic carbocycles. The van der Waals surface area contributed by atoms with Gasteiger partial charge in [0.05, 0.1) is 18.7 Å². The zero-order valence-electron chi connectivity index (χ0n) is 14.2. The average Bonchev–Trinajstić information content (AvgIpc) is 3.05. The minimum atomic E-state index is -0.386. The molecule has 2 amide bonds. The maximum Gasteiger partial charge on any atom is 0.337 e. The van der Waals surface area contributed by atoms with E-state index in [0.717, 1.165) is 32.2 Å². The third-order valence-corrected chi connectivity index (χ3v) is 5.42. The van der Waals surface area contributed by atoms with Crippen LogP contribution in [-0.4, -0.2) is 30.6 Å². The molecule has 6 heteroatoms.